The summed E-state index contributed by atoms with van der Waals surface area (Å²) in [6, 6.07) is 4.11. The second kappa shape index (κ2) is 5.46. The minimum absolute atomic E-state index is 0.179. The molecule has 4 heteroatoms. The van der Waals surface area contributed by atoms with Crippen molar-refractivity contribution in [3.8, 4) is 0 Å². The molecule has 1 unspecified atom stereocenters. The van der Waals surface area contributed by atoms with Crippen LogP contribution in [0, 0.1) is 5.92 Å². The zero-order valence-electron chi connectivity index (χ0n) is 9.61. The molecule has 0 bridgehead atoms. The van der Waals surface area contributed by atoms with Crippen molar-refractivity contribution in [1.82, 2.24) is 10.2 Å². The maximum atomic E-state index is 12.1. The first-order chi connectivity index (χ1) is 7.77. The summed E-state index contributed by atoms with van der Waals surface area (Å²) < 4.78 is 0. The van der Waals surface area contributed by atoms with Gasteiger partial charge in [-0.15, -0.1) is 11.3 Å². The molecule has 1 aromatic heterocycles. The lowest BCUT2D eigenvalue weighted by molar-refractivity contribution is -0.135. The molecular weight excluding hydrogens is 220 g/mol. The number of nitrogens with one attached hydrogen (secondary N) is 1. The Morgan fingerprint density at radius 3 is 3.19 bits per heavy atom. The van der Waals surface area contributed by atoms with Crippen molar-refractivity contribution in [2.24, 2.45) is 5.92 Å². The summed E-state index contributed by atoms with van der Waals surface area (Å²) in [6.07, 6.45) is 2.14. The van der Waals surface area contributed by atoms with E-state index in [9.17, 15) is 4.79 Å². The number of carbonyl (C=O) groups excluding carboxylic acids is 1. The zero-order valence-corrected chi connectivity index (χ0v) is 10.4. The van der Waals surface area contributed by atoms with Crippen LogP contribution >= 0.6 is 11.3 Å². The van der Waals surface area contributed by atoms with Gasteiger partial charge in [-0.2, -0.15) is 0 Å². The molecule has 0 aliphatic carbocycles. The Bertz CT molecular complexity index is 331. The molecule has 0 spiro atoms. The van der Waals surface area contributed by atoms with Gasteiger partial charge >= 0.3 is 0 Å². The normalized spacial score (nSPS) is 20.7. The zero-order chi connectivity index (χ0) is 11.4. The van der Waals surface area contributed by atoms with Gasteiger partial charge in [-0.3, -0.25) is 4.79 Å². The Labute approximate surface area is 100 Å². The molecule has 0 radical (unpaired) electrons. The summed E-state index contributed by atoms with van der Waals surface area (Å²) in [7, 11) is 1.90. The molecule has 0 aromatic carbocycles. The van der Waals surface area contributed by atoms with Crippen molar-refractivity contribution in [3.05, 3.63) is 22.4 Å². The smallest absolute Gasteiger partial charge is 0.227 e. The van der Waals surface area contributed by atoms with Crippen molar-refractivity contribution >= 4 is 17.2 Å². The monoisotopic (exact) mass is 238 g/mol. The highest BCUT2D eigenvalue weighted by molar-refractivity contribution is 7.09. The highest BCUT2D eigenvalue weighted by Crippen LogP contribution is 2.16. The van der Waals surface area contributed by atoms with E-state index in [2.05, 4.69) is 16.8 Å². The fourth-order valence-electron chi connectivity index (χ4n) is 2.09. The van der Waals surface area contributed by atoms with Crippen molar-refractivity contribution in [3.63, 3.8) is 0 Å². The Morgan fingerprint density at radius 1 is 1.69 bits per heavy atom. The highest BCUT2D eigenvalue weighted by atomic mass is 32.1. The van der Waals surface area contributed by atoms with Crippen LogP contribution in [0.4, 0.5) is 0 Å². The molecule has 2 rings (SSSR count). The van der Waals surface area contributed by atoms with E-state index >= 15 is 0 Å². The van der Waals surface area contributed by atoms with Crippen molar-refractivity contribution in [2.45, 2.75) is 19.4 Å². The molecule has 1 N–H and O–H groups in total. The third kappa shape index (κ3) is 2.83. The second-order valence-electron chi connectivity index (χ2n) is 4.32. The Kier molecular flexibility index (Phi) is 3.96. The van der Waals surface area contributed by atoms with E-state index in [0.29, 0.717) is 0 Å². The summed E-state index contributed by atoms with van der Waals surface area (Å²) in [4.78, 5) is 15.2. The molecule has 1 fully saturated rings. The van der Waals surface area contributed by atoms with Crippen LogP contribution in [0.25, 0.3) is 0 Å². The van der Waals surface area contributed by atoms with Crippen LogP contribution in [-0.4, -0.2) is 30.9 Å². The maximum absolute atomic E-state index is 12.1. The van der Waals surface area contributed by atoms with Crippen LogP contribution in [0.1, 0.15) is 17.7 Å². The first kappa shape index (κ1) is 11.6. The Morgan fingerprint density at radius 2 is 2.56 bits per heavy atom. The van der Waals surface area contributed by atoms with Crippen LogP contribution in [0.3, 0.4) is 0 Å². The van der Waals surface area contributed by atoms with Gasteiger partial charge in [-0.25, -0.2) is 0 Å². The summed E-state index contributed by atoms with van der Waals surface area (Å²) >= 11 is 1.71. The van der Waals surface area contributed by atoms with Gasteiger partial charge in [0.15, 0.2) is 0 Å². The van der Waals surface area contributed by atoms with E-state index in [0.717, 1.165) is 32.5 Å². The predicted octanol–water partition coefficient (Wildman–Crippen LogP) is 1.71. The van der Waals surface area contributed by atoms with Gasteiger partial charge in [-0.1, -0.05) is 6.07 Å². The molecule has 1 aliphatic rings. The van der Waals surface area contributed by atoms with E-state index in [4.69, 9.17) is 0 Å². The summed E-state index contributed by atoms with van der Waals surface area (Å²) in [6.45, 7) is 2.64. The number of amides is 1. The minimum Gasteiger partial charge on any atom is -0.340 e. The van der Waals surface area contributed by atoms with Crippen LogP contribution in [0.5, 0.6) is 0 Å². The lowest BCUT2D eigenvalue weighted by atomic mass is 9.98. The quantitative estimate of drug-likeness (QED) is 0.869. The van der Waals surface area contributed by atoms with Gasteiger partial charge in [-0.05, 0) is 30.8 Å². The molecule has 0 saturated carbocycles. The predicted molar refractivity (Wildman–Crippen MR) is 66.4 cm³/mol. The first-order valence-electron chi connectivity index (χ1n) is 5.75. The number of piperidine rings is 1. The molecule has 88 valence electrons. The van der Waals surface area contributed by atoms with Gasteiger partial charge in [0.25, 0.3) is 0 Å². The summed E-state index contributed by atoms with van der Waals surface area (Å²) in [5.74, 6) is 0.458. The SMILES string of the molecule is CN(Cc1cccs1)C(=O)C1CCCNC1. The van der Waals surface area contributed by atoms with Crippen molar-refractivity contribution in [1.29, 1.82) is 0 Å². The standard InChI is InChI=1S/C12H18N2OS/c1-14(9-11-5-3-7-16-11)12(15)10-4-2-6-13-8-10/h3,5,7,10,13H,2,4,6,8-9H2,1H3. The second-order valence-corrected chi connectivity index (χ2v) is 5.35. The largest absolute Gasteiger partial charge is 0.340 e. The minimum atomic E-state index is 0.179. The Balaban J connectivity index is 1.88. The maximum Gasteiger partial charge on any atom is 0.227 e. The van der Waals surface area contributed by atoms with Crippen LogP contribution in [0.2, 0.25) is 0 Å². The molecule has 1 amide bonds. The van der Waals surface area contributed by atoms with Crippen LogP contribution in [-0.2, 0) is 11.3 Å². The average Bonchev–Trinajstić information content (AvgIpc) is 2.82. The fraction of sp³-hybridized carbons (Fsp3) is 0.583. The third-order valence-corrected chi connectivity index (χ3v) is 3.86. The van der Waals surface area contributed by atoms with E-state index < -0.39 is 0 Å². The molecule has 16 heavy (non-hydrogen) atoms. The van der Waals surface area contributed by atoms with E-state index in [-0.39, 0.29) is 11.8 Å². The van der Waals surface area contributed by atoms with Crippen molar-refractivity contribution < 1.29 is 4.79 Å². The summed E-state index contributed by atoms with van der Waals surface area (Å²) in [5.41, 5.74) is 0. The molecule has 1 aliphatic heterocycles. The molecule has 3 nitrogen and oxygen atoms in total. The highest BCUT2D eigenvalue weighted by Gasteiger charge is 2.23. The van der Waals surface area contributed by atoms with Crippen LogP contribution in [0.15, 0.2) is 17.5 Å². The van der Waals surface area contributed by atoms with Gasteiger partial charge in [0.2, 0.25) is 5.91 Å². The molecule has 1 atom stereocenters. The first-order valence-corrected chi connectivity index (χ1v) is 6.63. The number of rotatable bonds is 3. The Hall–Kier alpha value is -0.870. The van der Waals surface area contributed by atoms with E-state index in [1.165, 1.54) is 4.88 Å². The number of thiophene rings is 1. The van der Waals surface area contributed by atoms with Crippen LogP contribution < -0.4 is 5.32 Å². The van der Waals surface area contributed by atoms with E-state index in [1.807, 2.05) is 18.0 Å². The van der Waals surface area contributed by atoms with Gasteiger partial charge in [0.1, 0.15) is 0 Å². The number of hydrogen-bond donors (Lipinski definition) is 1. The van der Waals surface area contributed by atoms with Crippen molar-refractivity contribution in [2.75, 3.05) is 20.1 Å². The van der Waals surface area contributed by atoms with Gasteiger partial charge in [0, 0.05) is 18.5 Å². The fourth-order valence-corrected chi connectivity index (χ4v) is 2.85. The lowest BCUT2D eigenvalue weighted by Gasteiger charge is -2.26. The molecular formula is C12H18N2OS. The molecule has 1 saturated heterocycles. The number of nitrogens with zero attached hydrogens (tertiary/aromatic N) is 1. The number of hydrogen-bond acceptors (Lipinski definition) is 3. The summed E-state index contributed by atoms with van der Waals surface area (Å²) in [5, 5.41) is 5.34. The van der Waals surface area contributed by atoms with E-state index in [1.54, 1.807) is 11.3 Å². The third-order valence-electron chi connectivity index (χ3n) is 3.00. The topological polar surface area (TPSA) is 32.3 Å². The van der Waals surface area contributed by atoms with Gasteiger partial charge in [0.05, 0.1) is 12.5 Å². The average molecular weight is 238 g/mol. The van der Waals surface area contributed by atoms with Gasteiger partial charge < -0.3 is 10.2 Å². The molecule has 1 aromatic rings. The lowest BCUT2D eigenvalue weighted by Crippen LogP contribution is -2.41. The molecule has 2 heterocycles. The number of carbonyl (C=O) groups is 1.